The van der Waals surface area contributed by atoms with Gasteiger partial charge in [-0.1, -0.05) is 13.8 Å². The summed E-state index contributed by atoms with van der Waals surface area (Å²) in [6.45, 7) is 6.86. The molecule has 0 amide bonds. The fourth-order valence-corrected chi connectivity index (χ4v) is 1.20. The fraction of sp³-hybridized carbons (Fsp3) is 1.00. The predicted octanol–water partition coefficient (Wildman–Crippen LogP) is 1.64. The lowest BCUT2D eigenvalue weighted by Gasteiger charge is -2.08. The summed E-state index contributed by atoms with van der Waals surface area (Å²) in [5.41, 5.74) is 0. The van der Waals surface area contributed by atoms with Crippen molar-refractivity contribution in [2.45, 2.75) is 26.7 Å². The van der Waals surface area contributed by atoms with Crippen LogP contribution in [0, 0.1) is 11.8 Å². The van der Waals surface area contributed by atoms with Crippen molar-refractivity contribution in [2.75, 3.05) is 13.1 Å². The molecule has 1 nitrogen and oxygen atoms in total. The summed E-state index contributed by atoms with van der Waals surface area (Å²) in [7, 11) is 0. The zero-order valence-electron chi connectivity index (χ0n) is 6.48. The van der Waals surface area contributed by atoms with Crippen molar-refractivity contribution in [1.29, 1.82) is 0 Å². The van der Waals surface area contributed by atoms with Gasteiger partial charge >= 0.3 is 0 Å². The van der Waals surface area contributed by atoms with E-state index in [9.17, 15) is 0 Å². The molecule has 54 valence electrons. The Morgan fingerprint density at radius 3 is 2.67 bits per heavy atom. The van der Waals surface area contributed by atoms with E-state index in [2.05, 4.69) is 19.2 Å². The van der Waals surface area contributed by atoms with Gasteiger partial charge in [-0.05, 0) is 37.8 Å². The molecule has 1 saturated carbocycles. The highest BCUT2D eigenvalue weighted by atomic mass is 14.8. The van der Waals surface area contributed by atoms with Crippen LogP contribution >= 0.6 is 0 Å². The topological polar surface area (TPSA) is 12.0 Å². The van der Waals surface area contributed by atoms with Gasteiger partial charge in [0.2, 0.25) is 0 Å². The molecule has 0 unspecified atom stereocenters. The maximum absolute atomic E-state index is 3.37. The van der Waals surface area contributed by atoms with Crippen molar-refractivity contribution in [3.8, 4) is 0 Å². The summed E-state index contributed by atoms with van der Waals surface area (Å²) in [5.74, 6) is 1.98. The zero-order chi connectivity index (χ0) is 6.69. The molecule has 1 N–H and O–H groups in total. The van der Waals surface area contributed by atoms with Gasteiger partial charge in [-0.25, -0.2) is 0 Å². The van der Waals surface area contributed by atoms with Crippen LogP contribution in [0.5, 0.6) is 0 Å². The molecule has 0 bridgehead atoms. The Labute approximate surface area is 57.8 Å². The van der Waals surface area contributed by atoms with E-state index in [1.807, 2.05) is 0 Å². The van der Waals surface area contributed by atoms with Crippen LogP contribution in [0.3, 0.4) is 0 Å². The minimum absolute atomic E-state index is 0.921. The van der Waals surface area contributed by atoms with Crippen LogP contribution in [0.1, 0.15) is 26.7 Å². The number of hydrogen-bond donors (Lipinski definition) is 1. The van der Waals surface area contributed by atoms with Gasteiger partial charge in [0, 0.05) is 0 Å². The normalized spacial score (nSPS) is 22.0. The number of hydrogen-bond acceptors (Lipinski definition) is 1. The van der Waals surface area contributed by atoms with Crippen LogP contribution in [0.15, 0.2) is 0 Å². The van der Waals surface area contributed by atoms with Crippen LogP contribution in [-0.2, 0) is 0 Å². The largest absolute Gasteiger partial charge is 0.317 e. The molecule has 0 aromatic rings. The van der Waals surface area contributed by atoms with E-state index in [-0.39, 0.29) is 0 Å². The molecule has 0 aromatic heterocycles. The van der Waals surface area contributed by atoms with Crippen LogP contribution in [-0.4, -0.2) is 13.1 Å². The smallest absolute Gasteiger partial charge is 0.00206 e. The van der Waals surface area contributed by atoms with E-state index in [0.717, 1.165) is 18.4 Å². The number of rotatable bonds is 4. The first-order valence-corrected chi connectivity index (χ1v) is 4.05. The van der Waals surface area contributed by atoms with Gasteiger partial charge < -0.3 is 5.32 Å². The van der Waals surface area contributed by atoms with E-state index in [4.69, 9.17) is 0 Å². The molecule has 1 aliphatic rings. The van der Waals surface area contributed by atoms with Gasteiger partial charge in [-0.2, -0.15) is 0 Å². The second kappa shape index (κ2) is 3.21. The van der Waals surface area contributed by atoms with Crippen molar-refractivity contribution < 1.29 is 0 Å². The first kappa shape index (κ1) is 7.07. The average Bonchev–Trinajstić information content (AvgIpc) is 2.63. The minimum Gasteiger partial charge on any atom is -0.317 e. The van der Waals surface area contributed by atoms with Gasteiger partial charge in [-0.3, -0.25) is 0 Å². The van der Waals surface area contributed by atoms with Crippen LogP contribution in [0.4, 0.5) is 0 Å². The van der Waals surface area contributed by atoms with Gasteiger partial charge in [0.25, 0.3) is 0 Å². The summed E-state index contributed by atoms with van der Waals surface area (Å²) in [6, 6.07) is 0. The lowest BCUT2D eigenvalue weighted by molar-refractivity contribution is 0.469. The Morgan fingerprint density at radius 2 is 2.22 bits per heavy atom. The molecule has 1 fully saturated rings. The summed E-state index contributed by atoms with van der Waals surface area (Å²) < 4.78 is 0. The second-order valence-electron chi connectivity index (χ2n) is 3.12. The SMILES string of the molecule is CCNC[C@@H](C)C1CC1. The first-order chi connectivity index (χ1) is 4.34. The zero-order valence-corrected chi connectivity index (χ0v) is 6.48. The van der Waals surface area contributed by atoms with Crippen LogP contribution in [0.2, 0.25) is 0 Å². The Balaban J connectivity index is 1.96. The summed E-state index contributed by atoms with van der Waals surface area (Å²) in [5, 5.41) is 3.37. The molecular formula is C8H17N. The van der Waals surface area contributed by atoms with Crippen molar-refractivity contribution in [2.24, 2.45) is 11.8 Å². The number of nitrogens with one attached hydrogen (secondary N) is 1. The van der Waals surface area contributed by atoms with E-state index in [1.54, 1.807) is 0 Å². The Kier molecular flexibility index (Phi) is 2.52. The monoisotopic (exact) mass is 127 g/mol. The summed E-state index contributed by atoms with van der Waals surface area (Å²) in [6.07, 6.45) is 2.96. The third kappa shape index (κ3) is 2.35. The third-order valence-electron chi connectivity index (χ3n) is 2.14. The van der Waals surface area contributed by atoms with Crippen LogP contribution < -0.4 is 5.32 Å². The predicted molar refractivity (Wildman–Crippen MR) is 40.4 cm³/mol. The molecule has 1 atom stereocenters. The average molecular weight is 127 g/mol. The second-order valence-corrected chi connectivity index (χ2v) is 3.12. The van der Waals surface area contributed by atoms with Crippen molar-refractivity contribution >= 4 is 0 Å². The standard InChI is InChI=1S/C8H17N/c1-3-9-6-7(2)8-4-5-8/h7-9H,3-6H2,1-2H3/t7-/m1/s1. The van der Waals surface area contributed by atoms with Crippen molar-refractivity contribution in [3.05, 3.63) is 0 Å². The van der Waals surface area contributed by atoms with Gasteiger partial charge in [0.05, 0.1) is 0 Å². The molecule has 9 heavy (non-hydrogen) atoms. The van der Waals surface area contributed by atoms with Crippen molar-refractivity contribution in [1.82, 2.24) is 5.32 Å². The summed E-state index contributed by atoms with van der Waals surface area (Å²) in [4.78, 5) is 0. The third-order valence-corrected chi connectivity index (χ3v) is 2.14. The quantitative estimate of drug-likeness (QED) is 0.605. The lowest BCUT2D eigenvalue weighted by Crippen LogP contribution is -2.21. The van der Waals surface area contributed by atoms with E-state index in [1.165, 1.54) is 19.4 Å². The Morgan fingerprint density at radius 1 is 1.56 bits per heavy atom. The maximum atomic E-state index is 3.37. The lowest BCUT2D eigenvalue weighted by atomic mass is 10.1. The molecule has 1 heteroatoms. The molecule has 0 spiro atoms. The molecular weight excluding hydrogens is 110 g/mol. The van der Waals surface area contributed by atoms with E-state index in [0.29, 0.717) is 0 Å². The van der Waals surface area contributed by atoms with Gasteiger partial charge in [0.15, 0.2) is 0 Å². The minimum atomic E-state index is 0.921. The molecule has 1 aliphatic carbocycles. The molecule has 0 saturated heterocycles. The molecule has 0 aliphatic heterocycles. The van der Waals surface area contributed by atoms with Gasteiger partial charge in [0.1, 0.15) is 0 Å². The summed E-state index contributed by atoms with van der Waals surface area (Å²) >= 11 is 0. The highest BCUT2D eigenvalue weighted by Crippen LogP contribution is 2.35. The maximum Gasteiger partial charge on any atom is -0.00206 e. The molecule has 0 radical (unpaired) electrons. The molecule has 1 rings (SSSR count). The highest BCUT2D eigenvalue weighted by molar-refractivity contribution is 4.79. The molecule has 0 heterocycles. The van der Waals surface area contributed by atoms with E-state index < -0.39 is 0 Å². The molecule has 0 aromatic carbocycles. The first-order valence-electron chi connectivity index (χ1n) is 4.05. The Bertz CT molecular complexity index is 76.6. The van der Waals surface area contributed by atoms with Crippen molar-refractivity contribution in [3.63, 3.8) is 0 Å². The Hall–Kier alpha value is -0.0400. The fourth-order valence-electron chi connectivity index (χ4n) is 1.20. The van der Waals surface area contributed by atoms with Gasteiger partial charge in [-0.15, -0.1) is 0 Å². The van der Waals surface area contributed by atoms with Crippen LogP contribution in [0.25, 0.3) is 0 Å². The highest BCUT2D eigenvalue weighted by Gasteiger charge is 2.26. The van der Waals surface area contributed by atoms with E-state index >= 15 is 0 Å².